The second kappa shape index (κ2) is 5.02. The van der Waals surface area contributed by atoms with Crippen molar-refractivity contribution in [3.8, 4) is 0 Å². The van der Waals surface area contributed by atoms with E-state index < -0.39 is 5.97 Å². The lowest BCUT2D eigenvalue weighted by molar-refractivity contribution is 0.0518. The van der Waals surface area contributed by atoms with E-state index in [1.165, 1.54) is 0 Å². The van der Waals surface area contributed by atoms with Gasteiger partial charge in [-0.15, -0.1) is 0 Å². The molecule has 0 radical (unpaired) electrons. The van der Waals surface area contributed by atoms with E-state index in [-0.39, 0.29) is 0 Å². The molecule has 0 aliphatic carbocycles. The second-order valence-corrected chi connectivity index (χ2v) is 4.53. The van der Waals surface area contributed by atoms with Crippen LogP contribution in [0.1, 0.15) is 28.7 Å². The first-order chi connectivity index (χ1) is 8.11. The summed E-state index contributed by atoms with van der Waals surface area (Å²) in [5, 5.41) is 0.617. The average Bonchev–Trinajstić information content (AvgIpc) is 2.28. The van der Waals surface area contributed by atoms with Crippen molar-refractivity contribution >= 4 is 17.6 Å². The normalized spacial score (nSPS) is 15.5. The summed E-state index contributed by atoms with van der Waals surface area (Å²) in [7, 11) is 2.02. The number of halogens is 1. The monoisotopic (exact) mass is 254 g/mol. The summed E-state index contributed by atoms with van der Waals surface area (Å²) in [6, 6.07) is 1.60. The first-order valence-corrected chi connectivity index (χ1v) is 6.03. The molecule has 17 heavy (non-hydrogen) atoms. The van der Waals surface area contributed by atoms with Crippen LogP contribution < -0.4 is 0 Å². The van der Waals surface area contributed by atoms with Gasteiger partial charge in [-0.05, 0) is 32.0 Å². The van der Waals surface area contributed by atoms with E-state index in [0.717, 1.165) is 30.8 Å². The number of hydrogen-bond donors (Lipinski definition) is 0. The Hall–Kier alpha value is -1.13. The second-order valence-electron chi connectivity index (χ2n) is 4.12. The molecular formula is C12H15ClN2O2. The molecule has 0 atom stereocenters. The number of ether oxygens (including phenoxy) is 1. The Morgan fingerprint density at radius 1 is 1.65 bits per heavy atom. The third kappa shape index (κ3) is 2.58. The molecule has 2 heterocycles. The summed E-state index contributed by atoms with van der Waals surface area (Å²) < 4.78 is 4.93. The lowest BCUT2D eigenvalue weighted by atomic mass is 10.0. The summed E-state index contributed by atoms with van der Waals surface area (Å²) in [4.78, 5) is 18.1. The molecule has 4 nitrogen and oxygen atoms in total. The first kappa shape index (κ1) is 12.3. The molecule has 2 rings (SSSR count). The van der Waals surface area contributed by atoms with Crippen molar-refractivity contribution in [2.75, 3.05) is 20.2 Å². The predicted molar refractivity (Wildman–Crippen MR) is 65.2 cm³/mol. The summed E-state index contributed by atoms with van der Waals surface area (Å²) >= 11 is 6.17. The van der Waals surface area contributed by atoms with Crippen LogP contribution in [0.5, 0.6) is 0 Å². The van der Waals surface area contributed by atoms with Crippen LogP contribution >= 0.6 is 11.6 Å². The number of likely N-dealkylation sites (N-methyl/N-ethyl adjacent to an activating group) is 1. The molecule has 0 amide bonds. The van der Waals surface area contributed by atoms with Crippen molar-refractivity contribution in [2.45, 2.75) is 19.9 Å². The van der Waals surface area contributed by atoms with E-state index in [2.05, 4.69) is 9.88 Å². The highest BCUT2D eigenvalue weighted by molar-refractivity contribution is 6.31. The van der Waals surface area contributed by atoms with Crippen LogP contribution in [-0.4, -0.2) is 36.1 Å². The highest BCUT2D eigenvalue weighted by Gasteiger charge is 2.20. The largest absolute Gasteiger partial charge is 0.461 e. The number of nitrogens with zero attached hydrogens (tertiary/aromatic N) is 2. The Kier molecular flexibility index (Phi) is 3.64. The van der Waals surface area contributed by atoms with Crippen LogP contribution in [0.15, 0.2) is 6.07 Å². The molecular weight excluding hydrogens is 240 g/mol. The van der Waals surface area contributed by atoms with Crippen LogP contribution in [-0.2, 0) is 17.7 Å². The number of carbonyl (C=O) groups is 1. The summed E-state index contributed by atoms with van der Waals surface area (Å²) in [5.74, 6) is -0.412. The van der Waals surface area contributed by atoms with E-state index in [4.69, 9.17) is 16.3 Å². The van der Waals surface area contributed by atoms with E-state index in [1.807, 2.05) is 7.05 Å². The van der Waals surface area contributed by atoms with Gasteiger partial charge in [0.1, 0.15) is 5.69 Å². The molecule has 5 heteroatoms. The lowest BCUT2D eigenvalue weighted by Crippen LogP contribution is -2.28. The minimum Gasteiger partial charge on any atom is -0.461 e. The predicted octanol–water partition coefficient (Wildman–Crippen LogP) is 1.90. The Morgan fingerprint density at radius 2 is 2.41 bits per heavy atom. The lowest BCUT2D eigenvalue weighted by Gasteiger charge is -2.25. The Morgan fingerprint density at radius 3 is 3.12 bits per heavy atom. The van der Waals surface area contributed by atoms with Crippen molar-refractivity contribution in [3.63, 3.8) is 0 Å². The van der Waals surface area contributed by atoms with Gasteiger partial charge in [0, 0.05) is 18.1 Å². The maximum Gasteiger partial charge on any atom is 0.356 e. The average molecular weight is 255 g/mol. The van der Waals surface area contributed by atoms with Gasteiger partial charge in [-0.2, -0.15) is 0 Å². The zero-order chi connectivity index (χ0) is 12.4. The minimum atomic E-state index is -0.412. The van der Waals surface area contributed by atoms with Crippen LogP contribution in [0.25, 0.3) is 0 Å². The number of hydrogen-bond acceptors (Lipinski definition) is 4. The van der Waals surface area contributed by atoms with E-state index >= 15 is 0 Å². The number of carbonyl (C=O) groups excluding carboxylic acids is 1. The van der Waals surface area contributed by atoms with Crippen molar-refractivity contribution in [1.82, 2.24) is 9.88 Å². The van der Waals surface area contributed by atoms with Gasteiger partial charge in [0.15, 0.2) is 0 Å². The van der Waals surface area contributed by atoms with Gasteiger partial charge in [-0.25, -0.2) is 9.78 Å². The standard InChI is InChI=1S/C12H15ClN2O2/c1-3-17-12(16)10-6-9(13)8-4-5-15(2)7-11(8)14-10/h6H,3-5,7H2,1-2H3. The molecule has 92 valence electrons. The molecule has 1 aromatic rings. The van der Waals surface area contributed by atoms with Gasteiger partial charge >= 0.3 is 5.97 Å². The minimum absolute atomic E-state index is 0.297. The van der Waals surface area contributed by atoms with Crippen molar-refractivity contribution in [2.24, 2.45) is 0 Å². The number of esters is 1. The summed E-state index contributed by atoms with van der Waals surface area (Å²) in [5.41, 5.74) is 2.23. The van der Waals surface area contributed by atoms with Gasteiger partial charge in [-0.1, -0.05) is 11.6 Å². The van der Waals surface area contributed by atoms with Gasteiger partial charge in [-0.3, -0.25) is 0 Å². The van der Waals surface area contributed by atoms with Gasteiger partial charge in [0.25, 0.3) is 0 Å². The van der Waals surface area contributed by atoms with Crippen LogP contribution in [0, 0.1) is 0 Å². The fraction of sp³-hybridized carbons (Fsp3) is 0.500. The van der Waals surface area contributed by atoms with Crippen LogP contribution in [0.4, 0.5) is 0 Å². The van der Waals surface area contributed by atoms with E-state index in [0.29, 0.717) is 17.3 Å². The molecule has 0 aromatic carbocycles. The highest BCUT2D eigenvalue weighted by atomic mass is 35.5. The first-order valence-electron chi connectivity index (χ1n) is 5.65. The fourth-order valence-electron chi connectivity index (χ4n) is 1.93. The summed E-state index contributed by atoms with van der Waals surface area (Å²) in [6.07, 6.45) is 0.876. The van der Waals surface area contributed by atoms with E-state index in [9.17, 15) is 4.79 Å². The molecule has 1 aliphatic rings. The number of pyridine rings is 1. The molecule has 0 unspecified atom stereocenters. The van der Waals surface area contributed by atoms with Gasteiger partial charge in [0.2, 0.25) is 0 Å². The molecule has 0 N–H and O–H groups in total. The smallest absolute Gasteiger partial charge is 0.356 e. The third-order valence-electron chi connectivity index (χ3n) is 2.80. The highest BCUT2D eigenvalue weighted by Crippen LogP contribution is 2.25. The third-order valence-corrected chi connectivity index (χ3v) is 3.14. The van der Waals surface area contributed by atoms with Gasteiger partial charge in [0.05, 0.1) is 12.3 Å². The summed E-state index contributed by atoms with van der Waals surface area (Å²) in [6.45, 7) is 3.80. The molecule has 0 fully saturated rings. The van der Waals surface area contributed by atoms with Crippen LogP contribution in [0.3, 0.4) is 0 Å². The van der Waals surface area contributed by atoms with Crippen molar-refractivity contribution in [1.29, 1.82) is 0 Å². The quantitative estimate of drug-likeness (QED) is 0.756. The number of rotatable bonds is 2. The fourth-order valence-corrected chi connectivity index (χ4v) is 2.24. The topological polar surface area (TPSA) is 42.4 Å². The zero-order valence-electron chi connectivity index (χ0n) is 9.99. The molecule has 1 aliphatic heterocycles. The Bertz CT molecular complexity index is 448. The molecule has 0 saturated heterocycles. The molecule has 0 spiro atoms. The van der Waals surface area contributed by atoms with Crippen molar-refractivity contribution in [3.05, 3.63) is 28.0 Å². The molecule has 1 aromatic heterocycles. The zero-order valence-corrected chi connectivity index (χ0v) is 10.8. The number of fused-ring (bicyclic) bond motifs is 1. The SMILES string of the molecule is CCOC(=O)c1cc(Cl)c2c(n1)CN(C)CC2. The Balaban J connectivity index is 2.35. The maximum atomic E-state index is 11.6. The van der Waals surface area contributed by atoms with Crippen LogP contribution in [0.2, 0.25) is 5.02 Å². The van der Waals surface area contributed by atoms with Gasteiger partial charge < -0.3 is 9.64 Å². The number of aromatic nitrogens is 1. The molecule has 0 saturated carbocycles. The van der Waals surface area contributed by atoms with Crippen molar-refractivity contribution < 1.29 is 9.53 Å². The molecule has 0 bridgehead atoms. The Labute approximate surface area is 106 Å². The van der Waals surface area contributed by atoms with E-state index in [1.54, 1.807) is 13.0 Å². The maximum absolute atomic E-state index is 11.6.